The molecule has 0 amide bonds. The lowest BCUT2D eigenvalue weighted by molar-refractivity contribution is -0.137. The van der Waals surface area contributed by atoms with Gasteiger partial charge in [0.2, 0.25) is 0 Å². The lowest BCUT2D eigenvalue weighted by Crippen LogP contribution is -2.40. The molecule has 2 N–H and O–H groups in total. The van der Waals surface area contributed by atoms with Gasteiger partial charge in [0.05, 0.1) is 29.3 Å². The molecule has 7 heteroatoms. The van der Waals surface area contributed by atoms with E-state index in [1.165, 1.54) is 37.8 Å². The van der Waals surface area contributed by atoms with E-state index in [0.29, 0.717) is 24.8 Å². The Bertz CT molecular complexity index is 864. The van der Waals surface area contributed by atoms with Crippen LogP contribution in [0.3, 0.4) is 0 Å². The zero-order chi connectivity index (χ0) is 23.3. The molecule has 0 aromatic heterocycles. The first kappa shape index (κ1) is 24.9. The number of carboxylic acids is 1. The molecule has 1 saturated heterocycles. The summed E-state index contributed by atoms with van der Waals surface area (Å²) in [6, 6.07) is 6.99. The smallest absolute Gasteiger partial charge is 0.303 e. The van der Waals surface area contributed by atoms with Gasteiger partial charge in [-0.1, -0.05) is 46.1 Å². The lowest BCUT2D eigenvalue weighted by Gasteiger charge is -2.39. The van der Waals surface area contributed by atoms with Crippen LogP contribution in [0.1, 0.15) is 83.6 Å². The van der Waals surface area contributed by atoms with Crippen molar-refractivity contribution < 1.29 is 18.3 Å². The average molecular weight is 465 g/mol. The zero-order valence-electron chi connectivity index (χ0n) is 19.8. The Hall–Kier alpha value is -1.76. The van der Waals surface area contributed by atoms with Crippen molar-refractivity contribution in [2.45, 2.75) is 90.1 Å². The van der Waals surface area contributed by atoms with E-state index in [0.717, 1.165) is 17.8 Å². The number of carbonyl (C=O) groups is 1. The van der Waals surface area contributed by atoms with E-state index in [1.807, 2.05) is 6.92 Å². The highest BCUT2D eigenvalue weighted by atomic mass is 32.2. The second kappa shape index (κ2) is 10.9. The minimum absolute atomic E-state index is 0.0814. The highest BCUT2D eigenvalue weighted by Crippen LogP contribution is 2.37. The van der Waals surface area contributed by atoms with Crippen molar-refractivity contribution in [3.05, 3.63) is 23.8 Å². The summed E-state index contributed by atoms with van der Waals surface area (Å²) in [4.78, 5) is 13.8. The second-order valence-electron chi connectivity index (χ2n) is 10.2. The molecule has 32 heavy (non-hydrogen) atoms. The third-order valence-corrected chi connectivity index (χ3v) is 8.59. The fourth-order valence-corrected chi connectivity index (χ4v) is 6.58. The van der Waals surface area contributed by atoms with Gasteiger partial charge in [0.15, 0.2) is 0 Å². The molecular weight excluding hydrogens is 424 g/mol. The van der Waals surface area contributed by atoms with Crippen LogP contribution in [-0.2, 0) is 14.6 Å². The van der Waals surface area contributed by atoms with Gasteiger partial charge in [-0.05, 0) is 55.2 Å². The molecule has 1 heterocycles. The molecule has 0 radical (unpaired) electrons. The molecule has 1 aromatic carbocycles. The van der Waals surface area contributed by atoms with Crippen molar-refractivity contribution in [2.75, 3.05) is 28.3 Å². The number of anilines is 2. The van der Waals surface area contributed by atoms with Gasteiger partial charge in [-0.15, -0.1) is 0 Å². The molecule has 2 fully saturated rings. The third kappa shape index (κ3) is 6.87. The standard InChI is InChI=1S/C25H40N2O4S/c1-18(2)17-27(22-7-5-4-6-8-22)24-10-9-20(19(3)15-25(28)29)16-23(24)26-21-11-13-32(30,31)14-12-21/h9-10,16,18-19,21-22,26H,4-8,11-15,17H2,1-3H3,(H,28,29). The molecule has 0 spiro atoms. The van der Waals surface area contributed by atoms with Gasteiger partial charge in [0.1, 0.15) is 9.84 Å². The Balaban J connectivity index is 1.93. The topological polar surface area (TPSA) is 86.7 Å². The number of sulfone groups is 1. The van der Waals surface area contributed by atoms with Crippen molar-refractivity contribution in [1.29, 1.82) is 0 Å². The first-order valence-electron chi connectivity index (χ1n) is 12.2. The molecule has 1 aliphatic heterocycles. The summed E-state index contributed by atoms with van der Waals surface area (Å²) in [6.45, 7) is 7.42. The fourth-order valence-electron chi connectivity index (χ4n) is 5.09. The van der Waals surface area contributed by atoms with Gasteiger partial charge in [-0.25, -0.2) is 8.42 Å². The summed E-state index contributed by atoms with van der Waals surface area (Å²) in [6.07, 6.45) is 7.55. The van der Waals surface area contributed by atoms with E-state index >= 15 is 0 Å². The quantitative estimate of drug-likeness (QED) is 0.532. The largest absolute Gasteiger partial charge is 0.481 e. The van der Waals surface area contributed by atoms with Crippen LogP contribution >= 0.6 is 0 Å². The van der Waals surface area contributed by atoms with Crippen LogP contribution in [-0.4, -0.2) is 49.6 Å². The third-order valence-electron chi connectivity index (χ3n) is 6.87. The van der Waals surface area contributed by atoms with Crippen molar-refractivity contribution >= 4 is 27.2 Å². The molecule has 1 saturated carbocycles. The number of aliphatic carboxylic acids is 1. The minimum Gasteiger partial charge on any atom is -0.481 e. The van der Waals surface area contributed by atoms with Crippen molar-refractivity contribution in [3.63, 3.8) is 0 Å². The van der Waals surface area contributed by atoms with E-state index in [2.05, 4.69) is 42.3 Å². The number of hydrogen-bond donors (Lipinski definition) is 2. The molecule has 180 valence electrons. The molecule has 1 unspecified atom stereocenters. The molecule has 0 bridgehead atoms. The molecule has 3 rings (SSSR count). The Labute approximate surface area is 193 Å². The van der Waals surface area contributed by atoms with Crippen molar-refractivity contribution in [3.8, 4) is 0 Å². The maximum Gasteiger partial charge on any atom is 0.303 e. The first-order chi connectivity index (χ1) is 15.1. The Morgan fingerprint density at radius 2 is 1.75 bits per heavy atom. The van der Waals surface area contributed by atoms with Gasteiger partial charge >= 0.3 is 5.97 Å². The van der Waals surface area contributed by atoms with Crippen LogP contribution in [0.5, 0.6) is 0 Å². The van der Waals surface area contributed by atoms with E-state index in [-0.39, 0.29) is 29.9 Å². The molecule has 6 nitrogen and oxygen atoms in total. The lowest BCUT2D eigenvalue weighted by atomic mass is 9.92. The molecule has 2 aliphatic rings. The fraction of sp³-hybridized carbons (Fsp3) is 0.720. The van der Waals surface area contributed by atoms with E-state index in [9.17, 15) is 18.3 Å². The Kier molecular flexibility index (Phi) is 8.48. The molecular formula is C25H40N2O4S. The summed E-state index contributed by atoms with van der Waals surface area (Å²) >= 11 is 0. The number of carboxylic acid groups (broad SMARTS) is 1. The van der Waals surface area contributed by atoms with Crippen LogP contribution in [0, 0.1) is 5.92 Å². The summed E-state index contributed by atoms with van der Waals surface area (Å²) in [5.41, 5.74) is 3.20. The molecule has 1 aromatic rings. The van der Waals surface area contributed by atoms with Gasteiger partial charge in [-0.3, -0.25) is 4.79 Å². The van der Waals surface area contributed by atoms with Crippen LogP contribution in [0.25, 0.3) is 0 Å². The zero-order valence-corrected chi connectivity index (χ0v) is 20.7. The Morgan fingerprint density at radius 3 is 2.34 bits per heavy atom. The molecule has 1 aliphatic carbocycles. The number of nitrogens with one attached hydrogen (secondary N) is 1. The normalized spacial score (nSPS) is 20.8. The predicted octanol–water partition coefficient (Wildman–Crippen LogP) is 5.05. The average Bonchev–Trinajstić information content (AvgIpc) is 2.74. The number of nitrogens with zero attached hydrogens (tertiary/aromatic N) is 1. The Morgan fingerprint density at radius 1 is 1.09 bits per heavy atom. The summed E-state index contributed by atoms with van der Waals surface area (Å²) < 4.78 is 23.8. The van der Waals surface area contributed by atoms with E-state index in [4.69, 9.17) is 0 Å². The predicted molar refractivity (Wildman–Crippen MR) is 131 cm³/mol. The van der Waals surface area contributed by atoms with Crippen molar-refractivity contribution in [2.24, 2.45) is 5.92 Å². The van der Waals surface area contributed by atoms with Gasteiger partial charge in [0.25, 0.3) is 0 Å². The molecule has 1 atom stereocenters. The second-order valence-corrected chi connectivity index (χ2v) is 12.5. The summed E-state index contributed by atoms with van der Waals surface area (Å²) in [5.74, 6) is 0.107. The van der Waals surface area contributed by atoms with E-state index in [1.54, 1.807) is 0 Å². The van der Waals surface area contributed by atoms with Gasteiger partial charge in [0, 0.05) is 18.6 Å². The van der Waals surface area contributed by atoms with Crippen LogP contribution in [0.15, 0.2) is 18.2 Å². The maximum atomic E-state index is 11.9. The summed E-state index contributed by atoms with van der Waals surface area (Å²) in [5, 5.41) is 12.9. The summed E-state index contributed by atoms with van der Waals surface area (Å²) in [7, 11) is -2.92. The minimum atomic E-state index is -2.92. The van der Waals surface area contributed by atoms with Crippen LogP contribution in [0.2, 0.25) is 0 Å². The number of benzene rings is 1. The van der Waals surface area contributed by atoms with E-state index < -0.39 is 15.8 Å². The van der Waals surface area contributed by atoms with Gasteiger partial charge < -0.3 is 15.3 Å². The highest BCUT2D eigenvalue weighted by molar-refractivity contribution is 7.91. The van der Waals surface area contributed by atoms with Crippen LogP contribution in [0.4, 0.5) is 11.4 Å². The SMILES string of the molecule is CC(C)CN(c1ccc(C(C)CC(=O)O)cc1NC1CCS(=O)(=O)CC1)C1CCCCC1. The van der Waals surface area contributed by atoms with Gasteiger partial charge in [-0.2, -0.15) is 0 Å². The highest BCUT2D eigenvalue weighted by Gasteiger charge is 2.28. The first-order valence-corrected chi connectivity index (χ1v) is 14.1. The number of hydrogen-bond acceptors (Lipinski definition) is 5. The van der Waals surface area contributed by atoms with Crippen LogP contribution < -0.4 is 10.2 Å². The number of rotatable bonds is 9. The monoisotopic (exact) mass is 464 g/mol. The van der Waals surface area contributed by atoms with Crippen molar-refractivity contribution in [1.82, 2.24) is 0 Å². The maximum absolute atomic E-state index is 11.9.